The van der Waals surface area contributed by atoms with Gasteiger partial charge in [-0.3, -0.25) is 71.7 Å². The van der Waals surface area contributed by atoms with E-state index in [1.165, 1.54) is 120 Å². The van der Waals surface area contributed by atoms with Gasteiger partial charge in [0, 0.05) is 67.1 Å². The first-order valence-corrected chi connectivity index (χ1v) is 35.2. The lowest BCUT2D eigenvalue weighted by molar-refractivity contribution is -0.0457. The number of H-pyrrole nitrogens is 5. The Hall–Kier alpha value is -4.75. The molecule has 20 atom stereocenters. The SMILES string of the molecule is CCCSC1[C@@H](O)[C@@H](CO)O[C@H]1n1ccc(=O)[nH]c1=O.CCSSC1[C@@H](O)[C@@H](CO)O[C@H]1n1ccc(=O)[nH]c1=O.CSC1[C@@H](O)[C@@H](CO)O[C@H]1n1ccc(=O)[nH]c1=O.O=c1ccn([C@@H]2O[C@H](CO)[C@H](O)C2S)c(=O)[nH]1.O=c1ccn([C@@H]2O[C@H](CO)[C@H](O)C2SS)c(=O)[nH]1. The molecule has 5 aliphatic heterocycles. The molecule has 5 fully saturated rings. The summed E-state index contributed by atoms with van der Waals surface area (Å²) in [4.78, 5) is 124. The number of ether oxygens (including phenoxy) is 5. The Morgan fingerprint density at radius 2 is 0.710 bits per heavy atom. The molecule has 0 radical (unpaired) electrons. The van der Waals surface area contributed by atoms with Crippen molar-refractivity contribution in [2.75, 3.05) is 50.8 Å². The van der Waals surface area contributed by atoms with E-state index in [0.29, 0.717) is 0 Å². The van der Waals surface area contributed by atoms with E-state index in [2.05, 4.69) is 49.2 Å². The molecule has 0 aliphatic carbocycles. The highest BCUT2D eigenvalue weighted by Gasteiger charge is 2.48. The number of nitrogens with one attached hydrogen (secondary N) is 5. The van der Waals surface area contributed by atoms with Gasteiger partial charge in [0.2, 0.25) is 0 Å². The second kappa shape index (κ2) is 36.6. The molecule has 0 saturated carbocycles. The lowest BCUT2D eigenvalue weighted by atomic mass is 10.2. The van der Waals surface area contributed by atoms with Gasteiger partial charge in [0.05, 0.1) is 89.8 Å². The first-order chi connectivity index (χ1) is 44.4. The highest BCUT2D eigenvalue weighted by Crippen LogP contribution is 2.43. The second-order valence-electron chi connectivity index (χ2n) is 20.3. The Labute approximate surface area is 554 Å². The first kappa shape index (κ1) is 77.3. The summed E-state index contributed by atoms with van der Waals surface area (Å²) in [6.45, 7) is 2.29. The third-order valence-electron chi connectivity index (χ3n) is 14.3. The van der Waals surface area contributed by atoms with Crippen LogP contribution in [0.1, 0.15) is 51.4 Å². The maximum atomic E-state index is 11.8. The molecular weight excluding hydrogens is 1380 g/mol. The highest BCUT2D eigenvalue weighted by atomic mass is 33.1. The van der Waals surface area contributed by atoms with Gasteiger partial charge in [-0.1, -0.05) is 46.2 Å². The predicted octanol–water partition coefficient (Wildman–Crippen LogP) is -5.81. The number of thiol groups is 2. The van der Waals surface area contributed by atoms with Crippen LogP contribution in [0.15, 0.2) is 109 Å². The lowest BCUT2D eigenvalue weighted by Gasteiger charge is -2.21. The summed E-state index contributed by atoms with van der Waals surface area (Å²) in [6.07, 6.45) is -2.80. The summed E-state index contributed by atoms with van der Waals surface area (Å²) < 4.78 is 33.2. The monoisotopic (exact) mass is 1450 g/mol. The van der Waals surface area contributed by atoms with Gasteiger partial charge < -0.3 is 74.7 Å². The topological polar surface area (TPSA) is 523 Å². The molecule has 5 saturated heterocycles. The second-order valence-corrected chi connectivity index (χ2v) is 27.5. The van der Waals surface area contributed by atoms with E-state index in [4.69, 9.17) is 39.0 Å². The van der Waals surface area contributed by atoms with Gasteiger partial charge >= 0.3 is 28.4 Å². The van der Waals surface area contributed by atoms with Crippen molar-refractivity contribution >= 4 is 80.2 Å². The van der Waals surface area contributed by atoms with E-state index in [9.17, 15) is 83.7 Å². The Morgan fingerprint density at radius 3 is 1.01 bits per heavy atom. The van der Waals surface area contributed by atoms with Crippen LogP contribution in [-0.2, 0) is 23.7 Å². The van der Waals surface area contributed by atoms with Gasteiger partial charge in [-0.2, -0.15) is 36.2 Å². The minimum absolute atomic E-state index is 0.320. The zero-order valence-corrected chi connectivity index (χ0v) is 55.1. The summed E-state index contributed by atoms with van der Waals surface area (Å²) in [6, 6.07) is 6.01. The maximum Gasteiger partial charge on any atom is 0.330 e. The summed E-state index contributed by atoms with van der Waals surface area (Å²) in [5.74, 6) is 1.64. The van der Waals surface area contributed by atoms with Gasteiger partial charge in [0.1, 0.15) is 30.5 Å². The number of aromatic amines is 5. The van der Waals surface area contributed by atoms with Crippen LogP contribution in [0.2, 0.25) is 0 Å². The Kier molecular flexibility index (Phi) is 30.4. The fraction of sp³-hybridized carbons (Fsp3) is 0.608. The molecule has 10 heterocycles. The number of rotatable bonds is 18. The molecule has 0 spiro atoms. The van der Waals surface area contributed by atoms with Crippen LogP contribution in [0, 0.1) is 0 Å². The number of aliphatic hydroxyl groups is 10. The van der Waals surface area contributed by atoms with Crippen LogP contribution in [0.3, 0.4) is 0 Å². The van der Waals surface area contributed by atoms with Crippen LogP contribution in [0.5, 0.6) is 0 Å². The normalized spacial score (nSPS) is 31.1. The molecule has 42 heteroatoms. The molecule has 35 nitrogen and oxygen atoms in total. The van der Waals surface area contributed by atoms with Gasteiger partial charge in [-0.25, -0.2) is 24.0 Å². The first-order valence-electron chi connectivity index (χ1n) is 28.1. The third-order valence-corrected chi connectivity index (χ3v) is 21.9. The summed E-state index contributed by atoms with van der Waals surface area (Å²) in [5, 5.41) is 93.0. The quantitative estimate of drug-likeness (QED) is 0.0287. The fourth-order valence-corrected chi connectivity index (χ4v) is 15.9. The van der Waals surface area contributed by atoms with Crippen LogP contribution >= 0.6 is 80.2 Å². The van der Waals surface area contributed by atoms with Gasteiger partial charge in [0.25, 0.3) is 27.8 Å². The summed E-state index contributed by atoms with van der Waals surface area (Å²) >= 11 is 11.0. The Bertz CT molecular complexity index is 3620. The molecular formula is C51H72N10O25S7. The minimum atomic E-state index is -0.979. The minimum Gasteiger partial charge on any atom is -0.394 e. The lowest BCUT2D eigenvalue weighted by Crippen LogP contribution is -2.36. The zero-order valence-electron chi connectivity index (χ0n) is 49.2. The predicted molar refractivity (Wildman–Crippen MR) is 348 cm³/mol. The van der Waals surface area contributed by atoms with E-state index in [1.54, 1.807) is 6.26 Å². The van der Waals surface area contributed by atoms with E-state index < -0.39 is 164 Å². The van der Waals surface area contributed by atoms with Crippen molar-refractivity contribution in [1.29, 1.82) is 0 Å². The van der Waals surface area contributed by atoms with E-state index in [0.717, 1.165) is 37.9 Å². The molecule has 0 amide bonds. The molecule has 5 aromatic heterocycles. The van der Waals surface area contributed by atoms with Crippen LogP contribution < -0.4 is 56.2 Å². The number of nitrogens with zero attached hydrogens (tertiary/aromatic N) is 5. The standard InChI is InChI=1S/C12H18N2O5S.C11H16N2O5S2.C10H14N2O5S.C9H12N2O5S2.C9H12N2O5S/c1-2-5-20-10-9(17)7(6-15)19-11(10)14-4-3-8(16)13-12(14)18;1-2-19-20-9-8(16)6(5-14)18-10(9)13-4-3-7(15)12-11(13)17;1-18-8-7(15)5(4-13)17-9(8)12-3-2-6(14)11-10(12)16;12-3-4-6(14)7(18-17)8(16-4)11-2-1-5(13)10-9(11)15;12-3-4-6(14)7(17)8(16-4)11-2-1-5(13)10-9(11)15/h3-4,7,9-11,15,17H,2,5-6H2,1H3,(H,13,16,18);3-4,6,8-10,14,16H,2,5H2,1H3,(H,12,15,17);2-3,5,7-9,13,15H,4H2,1H3,(H,11,14,16);1-2,4,6-8,12,14,17H,3H2,(H,10,13,15);1-2,4,6-8,12,14,17H,3H2,(H,10,13,15)/t7-,9+,10?,11-;6-,8+,9?,10-;5-,7+,8?,9-;2*4-,6+,7?,8-/m11111/s1. The largest absolute Gasteiger partial charge is 0.394 e. The molecule has 5 unspecified atom stereocenters. The van der Waals surface area contributed by atoms with Gasteiger partial charge in [-0.15, -0.1) is 11.7 Å². The smallest absolute Gasteiger partial charge is 0.330 e. The number of hydrogen-bond donors (Lipinski definition) is 17. The van der Waals surface area contributed by atoms with Crippen LogP contribution in [-0.4, -0.2) is 237 Å². The number of aromatic nitrogens is 10. The fourth-order valence-electron chi connectivity index (χ4n) is 9.67. The van der Waals surface area contributed by atoms with Crippen molar-refractivity contribution in [3.05, 3.63) is 166 Å². The molecule has 518 valence electrons. The van der Waals surface area contributed by atoms with Crippen molar-refractivity contribution in [1.82, 2.24) is 47.8 Å². The number of hydrogen-bond acceptors (Lipinski definition) is 32. The zero-order chi connectivity index (χ0) is 68.5. The van der Waals surface area contributed by atoms with Crippen molar-refractivity contribution in [2.24, 2.45) is 0 Å². The molecule has 15 N–H and O–H groups in total. The average molecular weight is 1450 g/mol. The molecule has 0 aromatic carbocycles. The maximum absolute atomic E-state index is 11.8. The third kappa shape index (κ3) is 19.1. The van der Waals surface area contributed by atoms with Crippen molar-refractivity contribution in [3.8, 4) is 0 Å². The van der Waals surface area contributed by atoms with Gasteiger partial charge in [0.15, 0.2) is 31.1 Å². The molecule has 0 bridgehead atoms. The van der Waals surface area contributed by atoms with E-state index >= 15 is 0 Å². The van der Waals surface area contributed by atoms with Crippen molar-refractivity contribution in [2.45, 2.75) is 139 Å². The van der Waals surface area contributed by atoms with Crippen LogP contribution in [0.4, 0.5) is 0 Å². The molecule has 5 aromatic rings. The summed E-state index contributed by atoms with van der Waals surface area (Å²) in [5.41, 5.74) is -5.56. The molecule has 10 rings (SSSR count). The molecule has 5 aliphatic rings. The Morgan fingerprint density at radius 1 is 0.430 bits per heavy atom. The van der Waals surface area contributed by atoms with Crippen molar-refractivity contribution in [3.63, 3.8) is 0 Å². The van der Waals surface area contributed by atoms with Crippen LogP contribution in [0.25, 0.3) is 0 Å². The number of thioether (sulfide) groups is 2. The van der Waals surface area contributed by atoms with E-state index in [1.807, 2.05) is 13.8 Å². The average Bonchev–Trinajstić information content (AvgIpc) is 1.82. The number of aliphatic hydroxyl groups excluding tert-OH is 10. The van der Waals surface area contributed by atoms with E-state index in [-0.39, 0.29) is 43.5 Å². The van der Waals surface area contributed by atoms with Gasteiger partial charge in [-0.05, 0) is 18.4 Å². The van der Waals surface area contributed by atoms with Crippen molar-refractivity contribution < 1.29 is 74.7 Å². The Balaban J connectivity index is 0.000000185. The summed E-state index contributed by atoms with van der Waals surface area (Å²) in [7, 11) is 3.97. The molecule has 93 heavy (non-hydrogen) atoms. The highest BCUT2D eigenvalue weighted by molar-refractivity contribution is 8.77.